The van der Waals surface area contributed by atoms with Crippen LogP contribution in [0.3, 0.4) is 0 Å². The third-order valence-electron chi connectivity index (χ3n) is 4.82. The molecule has 1 amide bonds. The van der Waals surface area contributed by atoms with Crippen LogP contribution in [0.1, 0.15) is 13.3 Å². The minimum atomic E-state index is 0.0842. The molecule has 2 heterocycles. The van der Waals surface area contributed by atoms with E-state index in [-0.39, 0.29) is 12.5 Å². The molecular formula is C18H25N5O. The second-order valence-electron chi connectivity index (χ2n) is 6.73. The number of nitrogens with zero attached hydrogens (tertiary/aromatic N) is 5. The SMILES string of the molecule is C[C@@H]1CN(C)CC[C@H]1N(C)C(=O)Cn1cnc(-c2ccccc2)n1. The highest BCUT2D eigenvalue weighted by atomic mass is 16.2. The summed E-state index contributed by atoms with van der Waals surface area (Å²) < 4.78 is 1.63. The number of hydrogen-bond donors (Lipinski definition) is 0. The summed E-state index contributed by atoms with van der Waals surface area (Å²) in [6, 6.07) is 10.1. The van der Waals surface area contributed by atoms with E-state index >= 15 is 0 Å². The first kappa shape index (κ1) is 16.6. The summed E-state index contributed by atoms with van der Waals surface area (Å²) in [5.41, 5.74) is 0.959. The molecule has 0 N–H and O–H groups in total. The van der Waals surface area contributed by atoms with Crippen molar-refractivity contribution in [1.82, 2.24) is 24.6 Å². The normalized spacial score (nSPS) is 21.6. The predicted molar refractivity (Wildman–Crippen MR) is 93.3 cm³/mol. The summed E-state index contributed by atoms with van der Waals surface area (Å²) in [6.07, 6.45) is 2.65. The van der Waals surface area contributed by atoms with Crippen LogP contribution < -0.4 is 0 Å². The van der Waals surface area contributed by atoms with Crippen molar-refractivity contribution in [2.75, 3.05) is 27.2 Å². The molecule has 1 saturated heterocycles. The van der Waals surface area contributed by atoms with Gasteiger partial charge in [0.1, 0.15) is 12.9 Å². The standard InChI is InChI=1S/C18H25N5O/c1-14-11-21(2)10-9-16(14)22(3)17(24)12-23-13-19-18(20-23)15-7-5-4-6-8-15/h4-8,13-14,16H,9-12H2,1-3H3/t14-,16-/m1/s1. The average Bonchev–Trinajstić information content (AvgIpc) is 3.03. The van der Waals surface area contributed by atoms with Crippen LogP contribution in [0.5, 0.6) is 0 Å². The molecule has 1 aliphatic heterocycles. The maximum absolute atomic E-state index is 12.6. The van der Waals surface area contributed by atoms with E-state index in [1.807, 2.05) is 42.3 Å². The Balaban J connectivity index is 1.63. The van der Waals surface area contributed by atoms with Gasteiger partial charge in [0.15, 0.2) is 5.82 Å². The maximum atomic E-state index is 12.6. The Kier molecular flexibility index (Phi) is 4.94. The van der Waals surface area contributed by atoms with Crippen molar-refractivity contribution in [3.8, 4) is 11.4 Å². The predicted octanol–water partition coefficient (Wildman–Crippen LogP) is 1.74. The van der Waals surface area contributed by atoms with Crippen LogP contribution in [0.2, 0.25) is 0 Å². The zero-order valence-corrected chi connectivity index (χ0v) is 14.6. The summed E-state index contributed by atoms with van der Waals surface area (Å²) in [4.78, 5) is 21.1. The number of aromatic nitrogens is 3. The molecule has 1 fully saturated rings. The first-order valence-corrected chi connectivity index (χ1v) is 8.43. The third-order valence-corrected chi connectivity index (χ3v) is 4.82. The molecule has 1 aromatic carbocycles. The van der Waals surface area contributed by atoms with E-state index in [9.17, 15) is 4.79 Å². The first-order valence-electron chi connectivity index (χ1n) is 8.43. The minimum Gasteiger partial charge on any atom is -0.341 e. The largest absolute Gasteiger partial charge is 0.341 e. The van der Waals surface area contributed by atoms with Crippen LogP contribution in [0.25, 0.3) is 11.4 Å². The molecule has 128 valence electrons. The molecule has 2 atom stereocenters. The molecule has 0 saturated carbocycles. The maximum Gasteiger partial charge on any atom is 0.244 e. The number of carbonyl (C=O) groups is 1. The Morgan fingerprint density at radius 1 is 1.33 bits per heavy atom. The molecule has 6 nitrogen and oxygen atoms in total. The highest BCUT2D eigenvalue weighted by Gasteiger charge is 2.29. The van der Waals surface area contributed by atoms with Crippen molar-refractivity contribution in [2.45, 2.75) is 25.9 Å². The van der Waals surface area contributed by atoms with Gasteiger partial charge >= 0.3 is 0 Å². The second kappa shape index (κ2) is 7.13. The lowest BCUT2D eigenvalue weighted by molar-refractivity contribution is -0.134. The smallest absolute Gasteiger partial charge is 0.244 e. The van der Waals surface area contributed by atoms with E-state index in [1.54, 1.807) is 11.0 Å². The molecule has 24 heavy (non-hydrogen) atoms. The van der Waals surface area contributed by atoms with E-state index in [0.29, 0.717) is 17.8 Å². The Bertz CT molecular complexity index is 684. The number of likely N-dealkylation sites (tertiary alicyclic amines) is 1. The lowest BCUT2D eigenvalue weighted by Crippen LogP contribution is -2.50. The number of hydrogen-bond acceptors (Lipinski definition) is 4. The van der Waals surface area contributed by atoms with Gasteiger partial charge < -0.3 is 9.80 Å². The number of carbonyl (C=O) groups excluding carboxylic acids is 1. The van der Waals surface area contributed by atoms with Gasteiger partial charge in [-0.2, -0.15) is 5.10 Å². The van der Waals surface area contributed by atoms with E-state index < -0.39 is 0 Å². The summed E-state index contributed by atoms with van der Waals surface area (Å²) in [5.74, 6) is 1.22. The van der Waals surface area contributed by atoms with Gasteiger partial charge in [-0.3, -0.25) is 4.79 Å². The molecular weight excluding hydrogens is 302 g/mol. The van der Waals surface area contributed by atoms with Crippen molar-refractivity contribution in [1.29, 1.82) is 0 Å². The number of rotatable bonds is 4. The second-order valence-corrected chi connectivity index (χ2v) is 6.73. The van der Waals surface area contributed by atoms with E-state index in [4.69, 9.17) is 0 Å². The number of likely N-dealkylation sites (N-methyl/N-ethyl adjacent to an activating group) is 1. The molecule has 0 unspecified atom stereocenters. The summed E-state index contributed by atoms with van der Waals surface area (Å²) in [5, 5.41) is 4.43. The quantitative estimate of drug-likeness (QED) is 0.858. The summed E-state index contributed by atoms with van der Waals surface area (Å²) in [6.45, 7) is 4.51. The van der Waals surface area contributed by atoms with Crippen molar-refractivity contribution < 1.29 is 4.79 Å². The molecule has 0 spiro atoms. The lowest BCUT2D eigenvalue weighted by atomic mass is 9.93. The van der Waals surface area contributed by atoms with Crippen molar-refractivity contribution in [3.05, 3.63) is 36.7 Å². The summed E-state index contributed by atoms with van der Waals surface area (Å²) >= 11 is 0. The number of amides is 1. The first-order chi connectivity index (χ1) is 11.5. The van der Waals surface area contributed by atoms with Crippen molar-refractivity contribution in [2.24, 2.45) is 5.92 Å². The van der Waals surface area contributed by atoms with Crippen LogP contribution in [-0.4, -0.2) is 63.7 Å². The third kappa shape index (κ3) is 3.64. The molecule has 1 aromatic heterocycles. The Morgan fingerprint density at radius 3 is 2.79 bits per heavy atom. The van der Waals surface area contributed by atoms with Gasteiger partial charge in [-0.05, 0) is 25.9 Å². The van der Waals surface area contributed by atoms with Crippen LogP contribution in [0, 0.1) is 5.92 Å². The summed E-state index contributed by atoms with van der Waals surface area (Å²) in [7, 11) is 4.04. The van der Waals surface area contributed by atoms with Crippen molar-refractivity contribution >= 4 is 5.91 Å². The fourth-order valence-electron chi connectivity index (χ4n) is 3.44. The topological polar surface area (TPSA) is 54.3 Å². The van der Waals surface area contributed by atoms with Gasteiger partial charge in [0.2, 0.25) is 5.91 Å². The molecule has 0 aliphatic carbocycles. The van der Waals surface area contributed by atoms with Crippen LogP contribution in [0.15, 0.2) is 36.7 Å². The van der Waals surface area contributed by atoms with E-state index in [0.717, 1.165) is 25.1 Å². The molecule has 6 heteroatoms. The number of piperidine rings is 1. The van der Waals surface area contributed by atoms with E-state index in [1.165, 1.54) is 0 Å². The molecule has 1 aliphatic rings. The van der Waals surface area contributed by atoms with Gasteiger partial charge in [-0.1, -0.05) is 37.3 Å². The fraction of sp³-hybridized carbons (Fsp3) is 0.500. The Morgan fingerprint density at radius 2 is 2.08 bits per heavy atom. The lowest BCUT2D eigenvalue weighted by Gasteiger charge is -2.40. The molecule has 0 bridgehead atoms. The molecule has 0 radical (unpaired) electrons. The van der Waals surface area contributed by atoms with Gasteiger partial charge in [-0.15, -0.1) is 0 Å². The zero-order valence-electron chi connectivity index (χ0n) is 14.6. The highest BCUT2D eigenvalue weighted by molar-refractivity contribution is 5.76. The van der Waals surface area contributed by atoms with E-state index in [2.05, 4.69) is 29.0 Å². The molecule has 2 aromatic rings. The van der Waals surface area contributed by atoms with Crippen LogP contribution >= 0.6 is 0 Å². The average molecular weight is 327 g/mol. The highest BCUT2D eigenvalue weighted by Crippen LogP contribution is 2.20. The minimum absolute atomic E-state index is 0.0842. The van der Waals surface area contributed by atoms with Gasteiger partial charge in [0, 0.05) is 25.2 Å². The fourth-order valence-corrected chi connectivity index (χ4v) is 3.44. The zero-order chi connectivity index (χ0) is 17.1. The Labute approximate surface area is 143 Å². The van der Waals surface area contributed by atoms with Crippen LogP contribution in [0.4, 0.5) is 0 Å². The van der Waals surface area contributed by atoms with Crippen LogP contribution in [-0.2, 0) is 11.3 Å². The monoisotopic (exact) mass is 327 g/mol. The van der Waals surface area contributed by atoms with Gasteiger partial charge in [-0.25, -0.2) is 9.67 Å². The Hall–Kier alpha value is -2.21. The molecule has 3 rings (SSSR count). The number of benzene rings is 1. The van der Waals surface area contributed by atoms with Gasteiger partial charge in [0.05, 0.1) is 0 Å². The van der Waals surface area contributed by atoms with Gasteiger partial charge in [0.25, 0.3) is 0 Å². The van der Waals surface area contributed by atoms with Crippen molar-refractivity contribution in [3.63, 3.8) is 0 Å².